The van der Waals surface area contributed by atoms with Crippen LogP contribution in [0.3, 0.4) is 0 Å². The lowest BCUT2D eigenvalue weighted by Gasteiger charge is -2.11. The Bertz CT molecular complexity index is 835. The molecule has 1 aromatic heterocycles. The van der Waals surface area contributed by atoms with Crippen LogP contribution in [0.1, 0.15) is 11.1 Å². The molecule has 8 heteroatoms. The van der Waals surface area contributed by atoms with Crippen molar-refractivity contribution in [3.05, 3.63) is 64.1 Å². The highest BCUT2D eigenvalue weighted by Crippen LogP contribution is 2.28. The van der Waals surface area contributed by atoms with Crippen LogP contribution in [0.25, 0.3) is 0 Å². The molecule has 0 saturated heterocycles. The van der Waals surface area contributed by atoms with Gasteiger partial charge < -0.3 is 9.88 Å². The summed E-state index contributed by atoms with van der Waals surface area (Å²) in [4.78, 5) is 23.5. The van der Waals surface area contributed by atoms with E-state index in [1.165, 1.54) is 12.1 Å². The van der Waals surface area contributed by atoms with Gasteiger partial charge in [-0.2, -0.15) is 18.4 Å². The van der Waals surface area contributed by atoms with Crippen LogP contribution in [0, 0.1) is 11.3 Å². The Hall–Kier alpha value is -3.08. The number of halogens is 3. The lowest BCUT2D eigenvalue weighted by Crippen LogP contribution is -2.28. The number of carbonyl (C=O) groups is 1. The number of hydrogen-bond donors (Lipinski definition) is 1. The van der Waals surface area contributed by atoms with Crippen LogP contribution in [-0.2, 0) is 17.5 Å². The van der Waals surface area contributed by atoms with E-state index in [1.807, 2.05) is 6.07 Å². The molecule has 1 heterocycles. The molecular formula is C15H10F3N3O2. The fraction of sp³-hybridized carbons (Fsp3) is 0.133. The average Bonchev–Trinajstić information content (AvgIpc) is 2.49. The van der Waals surface area contributed by atoms with Crippen LogP contribution in [-0.4, -0.2) is 10.5 Å². The lowest BCUT2D eigenvalue weighted by molar-refractivity contribution is -0.138. The first-order chi connectivity index (χ1) is 10.8. The number of carbonyl (C=O) groups excluding carboxylic acids is 1. The first kappa shape index (κ1) is 16.3. The summed E-state index contributed by atoms with van der Waals surface area (Å²) in [6.45, 7) is -0.595. The monoisotopic (exact) mass is 321 g/mol. The summed E-state index contributed by atoms with van der Waals surface area (Å²) < 4.78 is 38.6. The number of anilines is 1. The van der Waals surface area contributed by atoms with Gasteiger partial charge in [-0.25, -0.2) is 0 Å². The number of benzene rings is 1. The van der Waals surface area contributed by atoms with Crippen molar-refractivity contribution in [1.82, 2.24) is 4.57 Å². The van der Waals surface area contributed by atoms with Crippen LogP contribution in [0.2, 0.25) is 0 Å². The van der Waals surface area contributed by atoms with Crippen LogP contribution >= 0.6 is 0 Å². The molecule has 0 aliphatic heterocycles. The van der Waals surface area contributed by atoms with Crippen LogP contribution in [0.15, 0.2) is 47.4 Å². The summed E-state index contributed by atoms with van der Waals surface area (Å²) in [5.74, 6) is -0.714. The van der Waals surface area contributed by atoms with Crippen molar-refractivity contribution in [3.8, 4) is 6.07 Å². The number of nitriles is 1. The summed E-state index contributed by atoms with van der Waals surface area (Å²) in [6, 6.07) is 9.43. The molecule has 0 radical (unpaired) electrons. The highest BCUT2D eigenvalue weighted by Gasteiger charge is 2.31. The molecular weight excluding hydrogens is 311 g/mol. The second kappa shape index (κ2) is 6.36. The second-order valence-electron chi connectivity index (χ2n) is 4.59. The lowest BCUT2D eigenvalue weighted by atomic mass is 10.2. The first-order valence-electron chi connectivity index (χ1n) is 6.38. The van der Waals surface area contributed by atoms with Gasteiger partial charge in [-0.1, -0.05) is 12.1 Å². The Morgan fingerprint density at radius 2 is 1.91 bits per heavy atom. The van der Waals surface area contributed by atoms with Gasteiger partial charge in [-0.3, -0.25) is 9.59 Å². The van der Waals surface area contributed by atoms with E-state index in [1.54, 1.807) is 12.1 Å². The quantitative estimate of drug-likeness (QED) is 0.943. The number of nitrogens with one attached hydrogen (secondary N) is 1. The molecule has 2 rings (SSSR count). The molecule has 0 saturated carbocycles. The maximum absolute atomic E-state index is 12.6. The summed E-state index contributed by atoms with van der Waals surface area (Å²) in [7, 11) is 0. The summed E-state index contributed by atoms with van der Waals surface area (Å²) in [5.41, 5.74) is -1.33. The van der Waals surface area contributed by atoms with Gasteiger partial charge in [0.2, 0.25) is 5.91 Å². The Morgan fingerprint density at radius 1 is 1.22 bits per heavy atom. The van der Waals surface area contributed by atoms with Crippen molar-refractivity contribution in [2.75, 3.05) is 5.32 Å². The van der Waals surface area contributed by atoms with E-state index >= 15 is 0 Å². The molecule has 1 N–H and O–H groups in total. The number of amides is 1. The summed E-state index contributed by atoms with van der Waals surface area (Å²) in [6.07, 6.45) is -4.03. The number of rotatable bonds is 3. The number of nitrogens with zero attached hydrogens (tertiary/aromatic N) is 2. The second-order valence-corrected chi connectivity index (χ2v) is 4.59. The van der Waals surface area contributed by atoms with Gasteiger partial charge in [0.1, 0.15) is 12.6 Å². The van der Waals surface area contributed by atoms with Gasteiger partial charge in [-0.15, -0.1) is 0 Å². The van der Waals surface area contributed by atoms with Crippen molar-refractivity contribution in [3.63, 3.8) is 0 Å². The Morgan fingerprint density at radius 3 is 2.57 bits per heavy atom. The molecule has 5 nitrogen and oxygen atoms in total. The molecule has 118 valence electrons. The van der Waals surface area contributed by atoms with E-state index in [0.29, 0.717) is 16.8 Å². The molecule has 2 aromatic rings. The third-order valence-electron chi connectivity index (χ3n) is 2.95. The van der Waals surface area contributed by atoms with E-state index in [4.69, 9.17) is 5.26 Å². The molecule has 1 aromatic carbocycles. The van der Waals surface area contributed by atoms with E-state index in [9.17, 15) is 22.8 Å². The van der Waals surface area contributed by atoms with Crippen LogP contribution in [0.5, 0.6) is 0 Å². The number of hydrogen-bond acceptors (Lipinski definition) is 3. The molecule has 0 atom stereocenters. The van der Waals surface area contributed by atoms with E-state index < -0.39 is 29.8 Å². The largest absolute Gasteiger partial charge is 0.417 e. The first-order valence-corrected chi connectivity index (χ1v) is 6.38. The van der Waals surface area contributed by atoms with Crippen molar-refractivity contribution in [2.24, 2.45) is 0 Å². The van der Waals surface area contributed by atoms with Crippen molar-refractivity contribution >= 4 is 11.6 Å². The smallest absolute Gasteiger partial charge is 0.323 e. The molecule has 1 amide bonds. The molecule has 0 aliphatic rings. The minimum absolute atomic E-state index is 0.206. The Balaban J connectivity index is 2.21. The van der Waals surface area contributed by atoms with Crippen LogP contribution in [0.4, 0.5) is 18.9 Å². The number of pyridine rings is 1. The third kappa shape index (κ3) is 3.97. The van der Waals surface area contributed by atoms with Gasteiger partial charge >= 0.3 is 6.18 Å². The zero-order valence-corrected chi connectivity index (χ0v) is 11.6. The Labute approximate surface area is 128 Å². The molecule has 23 heavy (non-hydrogen) atoms. The van der Waals surface area contributed by atoms with E-state index in [-0.39, 0.29) is 11.3 Å². The van der Waals surface area contributed by atoms with Crippen molar-refractivity contribution in [1.29, 1.82) is 5.26 Å². The predicted octanol–water partition coefficient (Wildman–Crippen LogP) is 2.38. The molecule has 0 bridgehead atoms. The highest BCUT2D eigenvalue weighted by molar-refractivity contribution is 5.91. The number of para-hydroxylation sites is 1. The molecule has 0 spiro atoms. The SMILES string of the molecule is N#Cc1ccccc1NC(=O)Cn1cc(C(F)(F)F)ccc1=O. The molecule has 0 fully saturated rings. The zero-order valence-electron chi connectivity index (χ0n) is 11.6. The maximum atomic E-state index is 12.6. The fourth-order valence-corrected chi connectivity index (χ4v) is 1.86. The van der Waals surface area contributed by atoms with Crippen LogP contribution < -0.4 is 10.9 Å². The maximum Gasteiger partial charge on any atom is 0.417 e. The average molecular weight is 321 g/mol. The minimum Gasteiger partial charge on any atom is -0.323 e. The topological polar surface area (TPSA) is 74.9 Å². The fourth-order valence-electron chi connectivity index (χ4n) is 1.86. The summed E-state index contributed by atoms with van der Waals surface area (Å²) in [5, 5.41) is 11.3. The van der Waals surface area contributed by atoms with E-state index in [2.05, 4.69) is 5.32 Å². The molecule has 0 unspecified atom stereocenters. The van der Waals surface area contributed by atoms with Gasteiger partial charge in [0.05, 0.1) is 16.8 Å². The van der Waals surface area contributed by atoms with Gasteiger partial charge in [-0.05, 0) is 18.2 Å². The van der Waals surface area contributed by atoms with Gasteiger partial charge in [0.15, 0.2) is 0 Å². The third-order valence-corrected chi connectivity index (χ3v) is 2.95. The Kier molecular flexibility index (Phi) is 4.50. The highest BCUT2D eigenvalue weighted by atomic mass is 19.4. The number of aromatic nitrogens is 1. The van der Waals surface area contributed by atoms with Crippen molar-refractivity contribution in [2.45, 2.75) is 12.7 Å². The van der Waals surface area contributed by atoms with Gasteiger partial charge in [0, 0.05) is 12.3 Å². The summed E-state index contributed by atoms with van der Waals surface area (Å²) >= 11 is 0. The van der Waals surface area contributed by atoms with Crippen molar-refractivity contribution < 1.29 is 18.0 Å². The minimum atomic E-state index is -4.61. The molecule has 0 aliphatic carbocycles. The zero-order chi connectivity index (χ0) is 17.0. The number of alkyl halides is 3. The normalized spacial score (nSPS) is 10.9. The predicted molar refractivity (Wildman–Crippen MR) is 75.5 cm³/mol. The standard InChI is InChI=1S/C15H10F3N3O2/c16-15(17,18)11-5-6-14(23)21(8-11)9-13(22)20-12-4-2-1-3-10(12)7-19/h1-6,8H,9H2,(H,20,22). The van der Waals surface area contributed by atoms with Gasteiger partial charge in [0.25, 0.3) is 5.56 Å². The van der Waals surface area contributed by atoms with E-state index in [0.717, 1.165) is 6.07 Å².